The lowest BCUT2D eigenvalue weighted by atomic mass is 9.86. The fraction of sp³-hybridized carbons (Fsp3) is 0.320. The summed E-state index contributed by atoms with van der Waals surface area (Å²) in [7, 11) is 3.53. The van der Waals surface area contributed by atoms with E-state index in [1.54, 1.807) is 36.5 Å². The molecule has 2 N–H and O–H groups in total. The zero-order chi connectivity index (χ0) is 24.1. The maximum Gasteiger partial charge on any atom is 0.251 e. The molecule has 2 unspecified atom stereocenters. The van der Waals surface area contributed by atoms with Crippen molar-refractivity contribution < 1.29 is 4.79 Å². The van der Waals surface area contributed by atoms with Gasteiger partial charge in [0.05, 0.1) is 23.0 Å². The Kier molecular flexibility index (Phi) is 7.42. The molecule has 9 heteroatoms. The Balaban J connectivity index is 1.57. The average Bonchev–Trinajstić information content (AvgIpc) is 3.31. The molecule has 3 heterocycles. The van der Waals surface area contributed by atoms with Crippen LogP contribution in [0.2, 0.25) is 0 Å². The Hall–Kier alpha value is -3.46. The van der Waals surface area contributed by atoms with Gasteiger partial charge in [-0.3, -0.25) is 14.5 Å². The number of nitrogens with zero attached hydrogens (tertiary/aromatic N) is 5. The summed E-state index contributed by atoms with van der Waals surface area (Å²) >= 11 is 1.82. The van der Waals surface area contributed by atoms with Crippen molar-refractivity contribution in [3.63, 3.8) is 0 Å². The van der Waals surface area contributed by atoms with Crippen molar-refractivity contribution in [1.82, 2.24) is 30.0 Å². The summed E-state index contributed by atoms with van der Waals surface area (Å²) in [5.74, 6) is 2.19. The molecule has 0 bridgehead atoms. The van der Waals surface area contributed by atoms with Crippen LogP contribution >= 0.6 is 11.8 Å². The first-order valence-corrected chi connectivity index (χ1v) is 12.5. The van der Waals surface area contributed by atoms with Crippen LogP contribution in [0.5, 0.6) is 0 Å². The van der Waals surface area contributed by atoms with Crippen molar-refractivity contribution >= 4 is 34.4 Å². The Morgan fingerprint density at radius 3 is 2.79 bits per heavy atom. The molecule has 0 saturated carbocycles. The van der Waals surface area contributed by atoms with Crippen LogP contribution < -0.4 is 10.6 Å². The Bertz CT molecular complexity index is 1290. The van der Waals surface area contributed by atoms with Gasteiger partial charge in [-0.15, -0.1) is 0 Å². The largest absolute Gasteiger partial charge is 0.370 e. The Morgan fingerprint density at radius 2 is 2.06 bits per heavy atom. The first-order valence-electron chi connectivity index (χ1n) is 11.2. The number of aryl methyl sites for hydroxylation is 1. The number of pyridine rings is 1. The van der Waals surface area contributed by atoms with Crippen molar-refractivity contribution in [3.8, 4) is 11.3 Å². The van der Waals surface area contributed by atoms with Crippen molar-refractivity contribution in [2.45, 2.75) is 12.8 Å². The van der Waals surface area contributed by atoms with Gasteiger partial charge >= 0.3 is 0 Å². The van der Waals surface area contributed by atoms with Crippen LogP contribution in [0.25, 0.3) is 22.2 Å². The summed E-state index contributed by atoms with van der Waals surface area (Å²) in [5.41, 5.74) is 4.45. The van der Waals surface area contributed by atoms with Crippen molar-refractivity contribution in [2.75, 3.05) is 30.9 Å². The van der Waals surface area contributed by atoms with E-state index in [0.717, 1.165) is 45.8 Å². The molecule has 0 aliphatic rings. The monoisotopic (exact) mass is 475 g/mol. The molecule has 1 aromatic carbocycles. The molecular formula is C25H29N7OS. The lowest BCUT2D eigenvalue weighted by Gasteiger charge is -2.25. The number of amides is 1. The summed E-state index contributed by atoms with van der Waals surface area (Å²) in [5, 5.41) is 11.3. The number of nitrogens with one attached hydrogen (secondary N) is 2. The summed E-state index contributed by atoms with van der Waals surface area (Å²) in [6.07, 6.45) is 9.14. The van der Waals surface area contributed by atoms with E-state index in [1.165, 1.54) is 0 Å². The van der Waals surface area contributed by atoms with Gasteiger partial charge in [-0.05, 0) is 35.5 Å². The lowest BCUT2D eigenvalue weighted by Crippen LogP contribution is -2.23. The van der Waals surface area contributed by atoms with Gasteiger partial charge in [-0.2, -0.15) is 16.9 Å². The third kappa shape index (κ3) is 5.04. The predicted molar refractivity (Wildman–Crippen MR) is 138 cm³/mol. The number of fused-ring (bicyclic) bond motifs is 1. The van der Waals surface area contributed by atoms with Gasteiger partial charge < -0.3 is 10.6 Å². The number of hydrogen-bond acceptors (Lipinski definition) is 7. The molecule has 1 amide bonds. The van der Waals surface area contributed by atoms with E-state index < -0.39 is 0 Å². The van der Waals surface area contributed by atoms with Gasteiger partial charge in [-0.25, -0.2) is 9.97 Å². The average molecular weight is 476 g/mol. The molecule has 4 aromatic rings. The molecule has 4 rings (SSSR count). The number of carbonyl (C=O) groups is 1. The van der Waals surface area contributed by atoms with E-state index in [0.29, 0.717) is 11.5 Å². The van der Waals surface area contributed by atoms with E-state index in [4.69, 9.17) is 0 Å². The van der Waals surface area contributed by atoms with Crippen molar-refractivity contribution in [1.29, 1.82) is 0 Å². The molecule has 34 heavy (non-hydrogen) atoms. The molecular weight excluding hydrogens is 446 g/mol. The van der Waals surface area contributed by atoms with E-state index in [9.17, 15) is 4.79 Å². The van der Waals surface area contributed by atoms with Crippen molar-refractivity contribution in [2.24, 2.45) is 13.0 Å². The molecule has 0 fully saturated rings. The number of anilines is 1. The molecule has 0 radical (unpaired) electrons. The van der Waals surface area contributed by atoms with Crippen LogP contribution in [-0.2, 0) is 7.05 Å². The van der Waals surface area contributed by atoms with Gasteiger partial charge in [0, 0.05) is 50.0 Å². The number of aromatic nitrogens is 5. The molecule has 0 saturated heterocycles. The Morgan fingerprint density at radius 1 is 1.21 bits per heavy atom. The first kappa shape index (κ1) is 23.7. The third-order valence-corrected chi connectivity index (χ3v) is 6.83. The summed E-state index contributed by atoms with van der Waals surface area (Å²) in [6.45, 7) is 2.98. The predicted octanol–water partition coefficient (Wildman–Crippen LogP) is 3.98. The molecule has 0 aliphatic carbocycles. The summed E-state index contributed by atoms with van der Waals surface area (Å²) in [4.78, 5) is 25.8. The van der Waals surface area contributed by atoms with Gasteiger partial charge in [0.1, 0.15) is 12.1 Å². The molecule has 0 spiro atoms. The third-order valence-electron chi connectivity index (χ3n) is 6.07. The fourth-order valence-electron chi connectivity index (χ4n) is 4.15. The SMILES string of the molecule is CNC(=O)c1ccnc2c(C(C)C(CNc3cc(-c4cnn(C)c4)ncn3)CSC)cccc12. The zero-order valence-electron chi connectivity index (χ0n) is 19.8. The minimum atomic E-state index is -0.104. The van der Waals surface area contributed by atoms with Crippen molar-refractivity contribution in [3.05, 3.63) is 66.4 Å². The minimum Gasteiger partial charge on any atom is -0.370 e. The number of para-hydroxylation sites is 1. The topological polar surface area (TPSA) is 97.6 Å². The van der Waals surface area contributed by atoms with E-state index in [2.05, 4.69) is 49.9 Å². The molecule has 176 valence electrons. The quantitative estimate of drug-likeness (QED) is 0.378. The highest BCUT2D eigenvalue weighted by molar-refractivity contribution is 7.98. The standard InChI is InChI=1S/C25H29N7OS/c1-16(19-6-5-7-20-21(25(33)26-2)8-9-27-24(19)20)18(14-34-4)11-28-23-10-22(29-15-30-23)17-12-31-32(3)13-17/h5-10,12-13,15-16,18H,11,14H2,1-4H3,(H,26,33)(H,28,29,30). The van der Waals surface area contributed by atoms with E-state index >= 15 is 0 Å². The van der Waals surface area contributed by atoms with Gasteiger partial charge in [0.15, 0.2) is 0 Å². The summed E-state index contributed by atoms with van der Waals surface area (Å²) < 4.78 is 1.76. The first-order chi connectivity index (χ1) is 16.5. The van der Waals surface area contributed by atoms with Crippen LogP contribution in [0.1, 0.15) is 28.8 Å². The highest BCUT2D eigenvalue weighted by atomic mass is 32.2. The van der Waals surface area contributed by atoms with Crippen LogP contribution in [0.3, 0.4) is 0 Å². The van der Waals surface area contributed by atoms with E-state index in [1.807, 2.05) is 43.2 Å². The number of thioether (sulfide) groups is 1. The second kappa shape index (κ2) is 10.6. The number of benzene rings is 1. The van der Waals surface area contributed by atoms with Crippen LogP contribution in [-0.4, -0.2) is 56.2 Å². The van der Waals surface area contributed by atoms with Crippen LogP contribution in [0.15, 0.2) is 55.2 Å². The number of carbonyl (C=O) groups excluding carboxylic acids is 1. The minimum absolute atomic E-state index is 0.104. The fourth-order valence-corrected chi connectivity index (χ4v) is 4.98. The summed E-state index contributed by atoms with van der Waals surface area (Å²) in [6, 6.07) is 9.81. The molecule has 2 atom stereocenters. The molecule has 3 aromatic heterocycles. The smallest absolute Gasteiger partial charge is 0.251 e. The second-order valence-corrected chi connectivity index (χ2v) is 9.17. The van der Waals surface area contributed by atoms with Crippen LogP contribution in [0.4, 0.5) is 5.82 Å². The Labute approximate surface area is 203 Å². The number of hydrogen-bond donors (Lipinski definition) is 2. The second-order valence-electron chi connectivity index (χ2n) is 8.26. The van der Waals surface area contributed by atoms with Gasteiger partial charge in [-0.1, -0.05) is 25.1 Å². The maximum atomic E-state index is 12.4. The van der Waals surface area contributed by atoms with Crippen LogP contribution in [0, 0.1) is 5.92 Å². The highest BCUT2D eigenvalue weighted by Gasteiger charge is 2.22. The maximum absolute atomic E-state index is 12.4. The van der Waals surface area contributed by atoms with Gasteiger partial charge in [0.25, 0.3) is 5.91 Å². The normalized spacial score (nSPS) is 12.9. The van der Waals surface area contributed by atoms with Gasteiger partial charge in [0.2, 0.25) is 0 Å². The lowest BCUT2D eigenvalue weighted by molar-refractivity contribution is 0.0964. The number of rotatable bonds is 9. The van der Waals surface area contributed by atoms with E-state index in [-0.39, 0.29) is 11.8 Å². The molecule has 0 aliphatic heterocycles. The zero-order valence-corrected chi connectivity index (χ0v) is 20.6. The molecule has 8 nitrogen and oxygen atoms in total. The highest BCUT2D eigenvalue weighted by Crippen LogP contribution is 2.32.